The van der Waals surface area contributed by atoms with Crippen molar-refractivity contribution in [1.82, 2.24) is 9.97 Å². The van der Waals surface area contributed by atoms with Crippen LogP contribution < -0.4 is 0 Å². The van der Waals surface area contributed by atoms with Crippen molar-refractivity contribution >= 4 is 9.73 Å². The van der Waals surface area contributed by atoms with Crippen molar-refractivity contribution in [3.8, 4) is 0 Å². The molecular weight excluding hydrogens is 198 g/mol. The Morgan fingerprint density at radius 3 is 2.57 bits per heavy atom. The van der Waals surface area contributed by atoms with Gasteiger partial charge in [-0.1, -0.05) is 0 Å². The van der Waals surface area contributed by atoms with Gasteiger partial charge in [0.1, 0.15) is 5.82 Å². The van der Waals surface area contributed by atoms with Crippen LogP contribution in [0.3, 0.4) is 0 Å². The van der Waals surface area contributed by atoms with Crippen molar-refractivity contribution in [1.29, 1.82) is 0 Å². The summed E-state index contributed by atoms with van der Waals surface area (Å²) in [6.45, 7) is 2.52. The maximum Gasteiger partial charge on any atom is 0.125 e. The number of hydrogen-bond donors (Lipinski definition) is 0. The molecule has 5 heteroatoms. The number of nitrogens with zero attached hydrogens (tertiary/aromatic N) is 3. The van der Waals surface area contributed by atoms with Crippen molar-refractivity contribution in [2.24, 2.45) is 4.36 Å². The lowest BCUT2D eigenvalue weighted by Gasteiger charge is -2.13. The molecule has 0 fully saturated rings. The third-order valence-corrected chi connectivity index (χ3v) is 4.64. The normalized spacial score (nSPS) is 26.9. The average Bonchev–Trinajstić information content (AvgIpc) is 2.19. The summed E-state index contributed by atoms with van der Waals surface area (Å²) >= 11 is 0. The van der Waals surface area contributed by atoms with Crippen LogP contribution >= 0.6 is 0 Å². The van der Waals surface area contributed by atoms with Gasteiger partial charge in [0.15, 0.2) is 0 Å². The molecule has 4 nitrogen and oxygen atoms in total. The van der Waals surface area contributed by atoms with Crippen LogP contribution in [0.2, 0.25) is 0 Å². The Kier molecular flexibility index (Phi) is 2.50. The Hall–Kier alpha value is -0.970. The van der Waals surface area contributed by atoms with Gasteiger partial charge in [-0.3, -0.25) is 0 Å². The molecule has 1 aliphatic heterocycles. The molecule has 1 atom stereocenters. The van der Waals surface area contributed by atoms with Crippen molar-refractivity contribution in [3.05, 3.63) is 18.2 Å². The highest BCUT2D eigenvalue weighted by atomic mass is 32.2. The summed E-state index contributed by atoms with van der Waals surface area (Å²) in [6, 6.07) is 0. The van der Waals surface area contributed by atoms with E-state index in [9.17, 15) is 4.21 Å². The number of aromatic nitrogens is 2. The SMILES string of the molecule is Cc1ncc(S2(=O)=NCCCC2)cn1. The summed E-state index contributed by atoms with van der Waals surface area (Å²) in [6.07, 6.45) is 5.30. The predicted octanol–water partition coefficient (Wildman–Crippen LogP) is 1.41. The Labute approximate surface area is 84.0 Å². The summed E-state index contributed by atoms with van der Waals surface area (Å²) in [7, 11) is -2.19. The van der Waals surface area contributed by atoms with Crippen LogP contribution in [0.25, 0.3) is 0 Å². The lowest BCUT2D eigenvalue weighted by atomic mass is 10.3. The van der Waals surface area contributed by atoms with Gasteiger partial charge in [0.05, 0.1) is 14.6 Å². The van der Waals surface area contributed by atoms with Crippen LogP contribution in [0.4, 0.5) is 0 Å². The number of aryl methyl sites for hydroxylation is 1. The molecule has 1 aliphatic rings. The van der Waals surface area contributed by atoms with Crippen LogP contribution in [-0.2, 0) is 9.73 Å². The first kappa shape index (κ1) is 9.58. The van der Waals surface area contributed by atoms with Gasteiger partial charge >= 0.3 is 0 Å². The van der Waals surface area contributed by atoms with Gasteiger partial charge in [-0.25, -0.2) is 18.5 Å². The summed E-state index contributed by atoms with van der Waals surface area (Å²) in [5, 5.41) is 0. The van der Waals surface area contributed by atoms with E-state index >= 15 is 0 Å². The van der Waals surface area contributed by atoms with E-state index in [-0.39, 0.29) is 0 Å². The Morgan fingerprint density at radius 1 is 1.29 bits per heavy atom. The highest BCUT2D eigenvalue weighted by molar-refractivity contribution is 7.93. The fourth-order valence-electron chi connectivity index (χ4n) is 1.42. The van der Waals surface area contributed by atoms with E-state index in [1.165, 1.54) is 0 Å². The maximum absolute atomic E-state index is 12.3. The zero-order valence-electron chi connectivity index (χ0n) is 8.14. The zero-order valence-corrected chi connectivity index (χ0v) is 8.96. The molecule has 0 saturated heterocycles. The maximum atomic E-state index is 12.3. The first-order valence-corrected chi connectivity index (χ1v) is 6.38. The van der Waals surface area contributed by atoms with Crippen LogP contribution in [0.1, 0.15) is 18.7 Å². The molecule has 0 saturated carbocycles. The highest BCUT2D eigenvalue weighted by Gasteiger charge is 2.16. The molecule has 0 bridgehead atoms. The second kappa shape index (κ2) is 3.65. The molecular formula is C9H13N3OS. The summed E-state index contributed by atoms with van der Waals surface area (Å²) in [5.74, 6) is 1.35. The zero-order chi connectivity index (χ0) is 10.0. The number of rotatable bonds is 1. The van der Waals surface area contributed by atoms with E-state index in [1.807, 2.05) is 6.92 Å². The molecule has 0 N–H and O–H groups in total. The molecule has 76 valence electrons. The monoisotopic (exact) mass is 211 g/mol. The van der Waals surface area contributed by atoms with E-state index in [0.29, 0.717) is 23.0 Å². The summed E-state index contributed by atoms with van der Waals surface area (Å²) < 4.78 is 16.5. The third-order valence-electron chi connectivity index (χ3n) is 2.25. The minimum absolute atomic E-state index is 0.652. The van der Waals surface area contributed by atoms with Crippen molar-refractivity contribution in [3.63, 3.8) is 0 Å². The minimum Gasteiger partial charge on any atom is -0.245 e. The Bertz CT molecular complexity index is 432. The molecule has 14 heavy (non-hydrogen) atoms. The first-order valence-electron chi connectivity index (χ1n) is 4.70. The molecule has 0 aromatic carbocycles. The molecule has 2 heterocycles. The largest absolute Gasteiger partial charge is 0.245 e. The van der Waals surface area contributed by atoms with Crippen molar-refractivity contribution < 1.29 is 4.21 Å². The molecule has 0 spiro atoms. The van der Waals surface area contributed by atoms with E-state index < -0.39 is 9.73 Å². The lowest BCUT2D eigenvalue weighted by molar-refractivity contribution is 0.657. The third kappa shape index (κ3) is 1.77. The van der Waals surface area contributed by atoms with E-state index in [4.69, 9.17) is 0 Å². The minimum atomic E-state index is -2.19. The smallest absolute Gasteiger partial charge is 0.125 e. The molecule has 1 aromatic rings. The van der Waals surface area contributed by atoms with Crippen LogP contribution in [0.5, 0.6) is 0 Å². The molecule has 0 amide bonds. The quantitative estimate of drug-likeness (QED) is 0.705. The van der Waals surface area contributed by atoms with Gasteiger partial charge in [-0.05, 0) is 19.8 Å². The van der Waals surface area contributed by atoms with Gasteiger partial charge in [-0.2, -0.15) is 0 Å². The lowest BCUT2D eigenvalue weighted by Crippen LogP contribution is -2.13. The number of hydrogen-bond acceptors (Lipinski definition) is 4. The van der Waals surface area contributed by atoms with Crippen molar-refractivity contribution in [2.75, 3.05) is 12.3 Å². The van der Waals surface area contributed by atoms with Crippen LogP contribution in [-0.4, -0.2) is 26.5 Å². The second-order valence-electron chi connectivity index (χ2n) is 3.37. The van der Waals surface area contributed by atoms with Gasteiger partial charge in [0.25, 0.3) is 0 Å². The first-order chi connectivity index (χ1) is 6.71. The van der Waals surface area contributed by atoms with E-state index in [0.717, 1.165) is 12.8 Å². The second-order valence-corrected chi connectivity index (χ2v) is 5.79. The molecule has 1 unspecified atom stereocenters. The van der Waals surface area contributed by atoms with E-state index in [2.05, 4.69) is 14.3 Å². The Morgan fingerprint density at radius 2 is 2.00 bits per heavy atom. The average molecular weight is 211 g/mol. The fourth-order valence-corrected chi connectivity index (χ4v) is 3.39. The predicted molar refractivity (Wildman–Crippen MR) is 54.6 cm³/mol. The molecule has 0 radical (unpaired) electrons. The van der Waals surface area contributed by atoms with Gasteiger partial charge in [-0.15, -0.1) is 0 Å². The summed E-state index contributed by atoms with van der Waals surface area (Å²) in [4.78, 5) is 8.78. The standard InChI is InChI=1S/C9H13N3OS/c1-8-10-6-9(7-11-8)14(13)5-3-2-4-12-14/h6-7H,2-5H2,1H3. The fraction of sp³-hybridized carbons (Fsp3) is 0.556. The molecule has 0 aliphatic carbocycles. The molecule has 2 rings (SSSR count). The van der Waals surface area contributed by atoms with Crippen LogP contribution in [0.15, 0.2) is 21.7 Å². The van der Waals surface area contributed by atoms with Gasteiger partial charge in [0.2, 0.25) is 0 Å². The van der Waals surface area contributed by atoms with Gasteiger partial charge < -0.3 is 0 Å². The van der Waals surface area contributed by atoms with E-state index in [1.54, 1.807) is 12.4 Å². The highest BCUT2D eigenvalue weighted by Crippen LogP contribution is 2.17. The van der Waals surface area contributed by atoms with Gasteiger partial charge in [0, 0.05) is 24.7 Å². The summed E-state index contributed by atoms with van der Waals surface area (Å²) in [5.41, 5.74) is 0. The Balaban J connectivity index is 2.43. The van der Waals surface area contributed by atoms with Crippen molar-refractivity contribution in [2.45, 2.75) is 24.7 Å². The topological polar surface area (TPSA) is 55.2 Å². The van der Waals surface area contributed by atoms with Crippen LogP contribution in [0, 0.1) is 6.92 Å². The molecule has 1 aromatic heterocycles.